The van der Waals surface area contributed by atoms with E-state index in [0.29, 0.717) is 5.56 Å². The number of allylic oxidation sites excluding steroid dienone is 2. The van der Waals surface area contributed by atoms with E-state index >= 15 is 0 Å². The highest BCUT2D eigenvalue weighted by Crippen LogP contribution is 2.52. The van der Waals surface area contributed by atoms with Crippen LogP contribution in [0.15, 0.2) is 30.4 Å². The van der Waals surface area contributed by atoms with Crippen molar-refractivity contribution in [1.82, 2.24) is 9.80 Å². The molecule has 0 spiro atoms. The van der Waals surface area contributed by atoms with Gasteiger partial charge in [-0.3, -0.25) is 19.3 Å². The minimum Gasteiger partial charge on any atom is -0.493 e. The number of amides is 3. The molecule has 0 radical (unpaired) electrons. The Bertz CT molecular complexity index is 889. The fourth-order valence-corrected chi connectivity index (χ4v) is 4.74. The molecule has 1 heterocycles. The minimum atomic E-state index is -2.98. The molecule has 2 bridgehead atoms. The predicted molar refractivity (Wildman–Crippen MR) is 101 cm³/mol. The summed E-state index contributed by atoms with van der Waals surface area (Å²) in [5, 5.41) is 0. The van der Waals surface area contributed by atoms with Crippen LogP contribution < -0.4 is 9.47 Å². The average Bonchev–Trinajstić information content (AvgIpc) is 3.38. The van der Waals surface area contributed by atoms with Crippen molar-refractivity contribution in [3.63, 3.8) is 0 Å². The Hall–Kier alpha value is -2.97. The molecule has 1 saturated carbocycles. The molecule has 4 rings (SSSR count). The van der Waals surface area contributed by atoms with Gasteiger partial charge in [0.1, 0.15) is 6.54 Å². The van der Waals surface area contributed by atoms with Gasteiger partial charge in [-0.1, -0.05) is 18.2 Å². The highest BCUT2D eigenvalue weighted by molar-refractivity contribution is 6.08. The molecule has 1 aromatic rings. The second kappa shape index (κ2) is 7.70. The van der Waals surface area contributed by atoms with Crippen molar-refractivity contribution >= 4 is 17.7 Å². The van der Waals surface area contributed by atoms with Crippen molar-refractivity contribution in [2.45, 2.75) is 19.6 Å². The molecule has 0 N–H and O–H groups in total. The standard InChI is InChI=1S/C21H22F2N2O5/c1-24(9-11-3-6-14(30-21(22)23)15(7-11)29-2)16(26)10-25-19(27)17-12-4-5-13(8-12)18(17)20(25)28/h3-7,12-13,17-18,21H,8-10H2,1-2H3/t12-,13+,17+,18-. The number of carbonyl (C=O) groups is 3. The third kappa shape index (κ3) is 3.42. The zero-order chi connectivity index (χ0) is 21.6. The minimum absolute atomic E-state index is 0.0933. The number of carbonyl (C=O) groups excluding carboxylic acids is 3. The van der Waals surface area contributed by atoms with Gasteiger partial charge >= 0.3 is 6.61 Å². The summed E-state index contributed by atoms with van der Waals surface area (Å²) in [6.45, 7) is -3.13. The zero-order valence-corrected chi connectivity index (χ0v) is 16.6. The van der Waals surface area contributed by atoms with Crippen LogP contribution in [0.4, 0.5) is 8.78 Å². The topological polar surface area (TPSA) is 76.2 Å². The summed E-state index contributed by atoms with van der Waals surface area (Å²) in [4.78, 5) is 40.6. The van der Waals surface area contributed by atoms with Crippen molar-refractivity contribution in [2.75, 3.05) is 20.7 Å². The first kappa shape index (κ1) is 20.3. The quantitative estimate of drug-likeness (QED) is 0.499. The molecular formula is C21H22F2N2O5. The molecule has 160 valence electrons. The van der Waals surface area contributed by atoms with Gasteiger partial charge in [0.2, 0.25) is 17.7 Å². The number of methoxy groups -OCH3 is 1. The SMILES string of the molecule is COc1cc(CN(C)C(=O)CN2C(=O)[C@@H]3[C@H](C2=O)[C@H]2C=C[C@@H]3C2)ccc1OC(F)F. The molecule has 9 heteroatoms. The van der Waals surface area contributed by atoms with Crippen molar-refractivity contribution in [2.24, 2.45) is 23.7 Å². The third-order valence-corrected chi connectivity index (χ3v) is 6.14. The molecule has 30 heavy (non-hydrogen) atoms. The number of alkyl halides is 2. The van der Waals surface area contributed by atoms with Crippen LogP contribution in [-0.2, 0) is 20.9 Å². The van der Waals surface area contributed by atoms with Crippen molar-refractivity contribution < 1.29 is 32.6 Å². The Kier molecular flexibility index (Phi) is 5.21. The van der Waals surface area contributed by atoms with E-state index in [1.54, 1.807) is 13.1 Å². The zero-order valence-electron chi connectivity index (χ0n) is 16.6. The summed E-state index contributed by atoms with van der Waals surface area (Å²) < 4.78 is 34.4. The molecule has 3 amide bonds. The van der Waals surface area contributed by atoms with Gasteiger partial charge in [0.25, 0.3) is 0 Å². The second-order valence-corrected chi connectivity index (χ2v) is 7.88. The van der Waals surface area contributed by atoms with Crippen LogP contribution in [-0.4, -0.2) is 54.8 Å². The molecule has 4 atom stereocenters. The molecule has 0 aromatic heterocycles. The highest BCUT2D eigenvalue weighted by atomic mass is 19.3. The van der Waals surface area contributed by atoms with Crippen LogP contribution >= 0.6 is 0 Å². The first-order valence-corrected chi connectivity index (χ1v) is 9.69. The number of imide groups is 1. The van der Waals surface area contributed by atoms with Gasteiger partial charge in [-0.05, 0) is 36.0 Å². The number of fused-ring (bicyclic) bond motifs is 5. The largest absolute Gasteiger partial charge is 0.493 e. The number of hydrogen-bond acceptors (Lipinski definition) is 5. The first-order valence-electron chi connectivity index (χ1n) is 9.69. The van der Waals surface area contributed by atoms with Crippen LogP contribution in [0.5, 0.6) is 11.5 Å². The summed E-state index contributed by atoms with van der Waals surface area (Å²) in [5.74, 6) is -1.38. The number of likely N-dealkylation sites (tertiary alicyclic amines) is 1. The van der Waals surface area contributed by atoms with Gasteiger partial charge in [0.15, 0.2) is 11.5 Å². The maximum absolute atomic E-state index is 12.7. The summed E-state index contributed by atoms with van der Waals surface area (Å²) >= 11 is 0. The number of benzene rings is 1. The molecule has 3 aliphatic rings. The van der Waals surface area contributed by atoms with Gasteiger partial charge < -0.3 is 14.4 Å². The van der Waals surface area contributed by atoms with Crippen LogP contribution in [0.25, 0.3) is 0 Å². The molecule has 2 aliphatic carbocycles. The Morgan fingerprint density at radius 3 is 2.37 bits per heavy atom. The van der Waals surface area contributed by atoms with Gasteiger partial charge in [-0.2, -0.15) is 8.78 Å². The van der Waals surface area contributed by atoms with Gasteiger partial charge in [0.05, 0.1) is 18.9 Å². The lowest BCUT2D eigenvalue weighted by atomic mass is 9.85. The molecule has 1 aromatic carbocycles. The van der Waals surface area contributed by atoms with E-state index in [2.05, 4.69) is 4.74 Å². The summed E-state index contributed by atoms with van der Waals surface area (Å²) in [6, 6.07) is 4.39. The number of ether oxygens (including phenoxy) is 2. The van der Waals surface area contributed by atoms with E-state index in [4.69, 9.17) is 4.74 Å². The molecule has 1 aliphatic heterocycles. The number of rotatable bonds is 7. The van der Waals surface area contributed by atoms with Crippen LogP contribution in [0.1, 0.15) is 12.0 Å². The average molecular weight is 420 g/mol. The summed E-state index contributed by atoms with van der Waals surface area (Å²) in [5.41, 5.74) is 0.627. The molecule has 1 saturated heterocycles. The highest BCUT2D eigenvalue weighted by Gasteiger charge is 2.59. The number of hydrogen-bond donors (Lipinski definition) is 0. The third-order valence-electron chi connectivity index (χ3n) is 6.14. The van der Waals surface area contributed by atoms with Gasteiger partial charge in [-0.15, -0.1) is 0 Å². The fraction of sp³-hybridized carbons (Fsp3) is 0.476. The smallest absolute Gasteiger partial charge is 0.387 e. The number of likely N-dealkylation sites (N-methyl/N-ethyl adjacent to an activating group) is 1. The lowest BCUT2D eigenvalue weighted by molar-refractivity contribution is -0.146. The number of nitrogens with zero attached hydrogens (tertiary/aromatic N) is 2. The van der Waals surface area contributed by atoms with Crippen molar-refractivity contribution in [1.29, 1.82) is 0 Å². The Labute approximate surface area is 172 Å². The maximum Gasteiger partial charge on any atom is 0.387 e. The van der Waals surface area contributed by atoms with E-state index in [0.717, 1.165) is 11.3 Å². The van der Waals surface area contributed by atoms with Crippen molar-refractivity contribution in [3.8, 4) is 11.5 Å². The summed E-state index contributed by atoms with van der Waals surface area (Å²) in [7, 11) is 2.88. The van der Waals surface area contributed by atoms with E-state index in [1.807, 2.05) is 12.2 Å². The van der Waals surface area contributed by atoms with Crippen LogP contribution in [0.2, 0.25) is 0 Å². The normalized spacial score (nSPS) is 26.5. The van der Waals surface area contributed by atoms with Crippen LogP contribution in [0, 0.1) is 23.7 Å². The van der Waals surface area contributed by atoms with Gasteiger partial charge in [-0.25, -0.2) is 0 Å². The monoisotopic (exact) mass is 420 g/mol. The molecule has 2 fully saturated rings. The lowest BCUT2D eigenvalue weighted by Crippen LogP contribution is -2.42. The first-order chi connectivity index (χ1) is 14.3. The van der Waals surface area contributed by atoms with E-state index < -0.39 is 6.61 Å². The number of halogens is 2. The van der Waals surface area contributed by atoms with E-state index in [9.17, 15) is 23.2 Å². The molecule has 0 unspecified atom stereocenters. The molecule has 7 nitrogen and oxygen atoms in total. The Balaban J connectivity index is 1.40. The van der Waals surface area contributed by atoms with Crippen molar-refractivity contribution in [3.05, 3.63) is 35.9 Å². The van der Waals surface area contributed by atoms with Crippen LogP contribution in [0.3, 0.4) is 0 Å². The van der Waals surface area contributed by atoms with E-state index in [1.165, 1.54) is 24.1 Å². The Morgan fingerprint density at radius 1 is 1.17 bits per heavy atom. The lowest BCUT2D eigenvalue weighted by Gasteiger charge is -2.22. The predicted octanol–water partition coefficient (Wildman–Crippen LogP) is 2.06. The van der Waals surface area contributed by atoms with Gasteiger partial charge in [0, 0.05) is 13.6 Å². The second-order valence-electron chi connectivity index (χ2n) is 7.88. The molecular weight excluding hydrogens is 398 g/mol. The maximum atomic E-state index is 12.7. The Morgan fingerprint density at radius 2 is 1.80 bits per heavy atom. The fourth-order valence-electron chi connectivity index (χ4n) is 4.74. The van der Waals surface area contributed by atoms with E-state index in [-0.39, 0.29) is 66.0 Å². The summed E-state index contributed by atoms with van der Waals surface area (Å²) in [6.07, 6.45) is 4.84.